The van der Waals surface area contributed by atoms with Crippen molar-refractivity contribution in [1.82, 2.24) is 4.90 Å². The van der Waals surface area contributed by atoms with Gasteiger partial charge in [-0.15, -0.1) is 0 Å². The highest BCUT2D eigenvalue weighted by Gasteiger charge is 2.05. The van der Waals surface area contributed by atoms with E-state index < -0.39 is 0 Å². The summed E-state index contributed by atoms with van der Waals surface area (Å²) in [6, 6.07) is 18.1. The van der Waals surface area contributed by atoms with Gasteiger partial charge in [-0.2, -0.15) is 0 Å². The molecule has 20 heavy (non-hydrogen) atoms. The number of carbonyl (C=O) groups excluding carboxylic acids is 1. The van der Waals surface area contributed by atoms with Crippen LogP contribution >= 0.6 is 0 Å². The fourth-order valence-electron chi connectivity index (χ4n) is 2.00. The monoisotopic (exact) mass is 265 g/mol. The molecule has 2 rings (SSSR count). The van der Waals surface area contributed by atoms with Gasteiger partial charge in [0.15, 0.2) is 0 Å². The zero-order chi connectivity index (χ0) is 14.4. The number of rotatable bonds is 4. The van der Waals surface area contributed by atoms with Crippen molar-refractivity contribution >= 4 is 12.0 Å². The van der Waals surface area contributed by atoms with Gasteiger partial charge >= 0.3 is 0 Å². The van der Waals surface area contributed by atoms with Crippen LogP contribution in [0.15, 0.2) is 60.7 Å². The van der Waals surface area contributed by atoms with Crippen LogP contribution in [0.5, 0.6) is 0 Å². The van der Waals surface area contributed by atoms with Crippen LogP contribution in [0.4, 0.5) is 0 Å². The first-order chi connectivity index (χ1) is 9.65. The molecule has 0 spiro atoms. The van der Waals surface area contributed by atoms with Gasteiger partial charge in [0, 0.05) is 19.7 Å². The summed E-state index contributed by atoms with van der Waals surface area (Å²) in [7, 11) is 1.82. The molecule has 1 amide bonds. The van der Waals surface area contributed by atoms with Crippen molar-refractivity contribution < 1.29 is 4.79 Å². The summed E-state index contributed by atoms with van der Waals surface area (Å²) in [5.74, 6) is 0.00959. The lowest BCUT2D eigenvalue weighted by molar-refractivity contribution is -0.125. The first kappa shape index (κ1) is 14.1. The Morgan fingerprint density at radius 3 is 2.55 bits per heavy atom. The topological polar surface area (TPSA) is 20.3 Å². The number of aryl methyl sites for hydroxylation is 1. The Morgan fingerprint density at radius 1 is 1.10 bits per heavy atom. The van der Waals surface area contributed by atoms with Crippen LogP contribution in [-0.4, -0.2) is 17.9 Å². The lowest BCUT2D eigenvalue weighted by Crippen LogP contribution is -2.23. The Bertz CT molecular complexity index is 602. The van der Waals surface area contributed by atoms with E-state index in [4.69, 9.17) is 0 Å². The lowest BCUT2D eigenvalue weighted by Gasteiger charge is -2.15. The van der Waals surface area contributed by atoms with Gasteiger partial charge in [0.1, 0.15) is 0 Å². The van der Waals surface area contributed by atoms with E-state index in [9.17, 15) is 4.79 Å². The van der Waals surface area contributed by atoms with Gasteiger partial charge in [-0.25, -0.2) is 0 Å². The fraction of sp³-hybridized carbons (Fsp3) is 0.167. The van der Waals surface area contributed by atoms with Crippen molar-refractivity contribution in [2.24, 2.45) is 0 Å². The van der Waals surface area contributed by atoms with Gasteiger partial charge in [-0.1, -0.05) is 60.2 Å². The maximum Gasteiger partial charge on any atom is 0.246 e. The predicted octanol–water partition coefficient (Wildman–Crippen LogP) is 3.67. The average molecular weight is 265 g/mol. The molecule has 0 atom stereocenters. The first-order valence-corrected chi connectivity index (χ1v) is 6.69. The van der Waals surface area contributed by atoms with Crippen molar-refractivity contribution in [3.63, 3.8) is 0 Å². The molecule has 2 heteroatoms. The zero-order valence-corrected chi connectivity index (χ0v) is 11.9. The van der Waals surface area contributed by atoms with Crippen LogP contribution in [0.2, 0.25) is 0 Å². The molecule has 0 unspecified atom stereocenters. The number of hydrogen-bond acceptors (Lipinski definition) is 1. The molecule has 0 aromatic heterocycles. The molecule has 2 nitrogen and oxygen atoms in total. The fourth-order valence-corrected chi connectivity index (χ4v) is 2.00. The molecule has 0 heterocycles. The predicted molar refractivity (Wildman–Crippen MR) is 83.1 cm³/mol. The normalized spacial score (nSPS) is 10.7. The average Bonchev–Trinajstić information content (AvgIpc) is 2.46. The summed E-state index contributed by atoms with van der Waals surface area (Å²) in [6.45, 7) is 2.67. The van der Waals surface area contributed by atoms with Crippen LogP contribution in [0.3, 0.4) is 0 Å². The van der Waals surface area contributed by atoms with Gasteiger partial charge in [0.05, 0.1) is 0 Å². The minimum absolute atomic E-state index is 0.00959. The third kappa shape index (κ3) is 4.09. The molecule has 2 aromatic carbocycles. The minimum atomic E-state index is 0.00959. The molecule has 0 aliphatic heterocycles. The van der Waals surface area contributed by atoms with E-state index in [1.807, 2.05) is 68.6 Å². The van der Waals surface area contributed by atoms with Crippen LogP contribution < -0.4 is 0 Å². The zero-order valence-electron chi connectivity index (χ0n) is 11.9. The highest BCUT2D eigenvalue weighted by Crippen LogP contribution is 2.07. The quantitative estimate of drug-likeness (QED) is 0.772. The number of likely N-dealkylation sites (N-methyl/N-ethyl adjacent to an activating group) is 1. The van der Waals surface area contributed by atoms with E-state index in [0.717, 1.165) is 11.1 Å². The van der Waals surface area contributed by atoms with Gasteiger partial charge < -0.3 is 4.90 Å². The van der Waals surface area contributed by atoms with Crippen LogP contribution in [0.25, 0.3) is 6.08 Å². The molecule has 102 valence electrons. The Balaban J connectivity index is 1.97. The molecule has 0 aliphatic carbocycles. The van der Waals surface area contributed by atoms with E-state index in [2.05, 4.69) is 6.07 Å². The highest BCUT2D eigenvalue weighted by molar-refractivity contribution is 5.91. The SMILES string of the molecule is Cc1cccc(/C=C/C(=O)N(C)Cc2ccccc2)c1. The standard InChI is InChI=1S/C18H19NO/c1-15-7-6-10-16(13-15)11-12-18(20)19(2)14-17-8-4-3-5-9-17/h3-13H,14H2,1-2H3/b12-11+. The molecule has 0 fully saturated rings. The van der Waals surface area contributed by atoms with Gasteiger partial charge in [-0.05, 0) is 24.1 Å². The minimum Gasteiger partial charge on any atom is -0.338 e. The van der Waals surface area contributed by atoms with Crippen molar-refractivity contribution in [1.29, 1.82) is 0 Å². The van der Waals surface area contributed by atoms with E-state index in [0.29, 0.717) is 6.54 Å². The number of amides is 1. The number of nitrogens with zero attached hydrogens (tertiary/aromatic N) is 1. The molecular weight excluding hydrogens is 246 g/mol. The largest absolute Gasteiger partial charge is 0.338 e. The third-order valence-corrected chi connectivity index (χ3v) is 3.10. The summed E-state index contributed by atoms with van der Waals surface area (Å²) < 4.78 is 0. The molecule has 0 aliphatic rings. The molecule has 0 saturated heterocycles. The summed E-state index contributed by atoms with van der Waals surface area (Å²) in [6.07, 6.45) is 3.48. The van der Waals surface area contributed by atoms with E-state index in [-0.39, 0.29) is 5.91 Å². The van der Waals surface area contributed by atoms with Gasteiger partial charge in [0.2, 0.25) is 5.91 Å². The third-order valence-electron chi connectivity index (χ3n) is 3.10. The molecule has 0 N–H and O–H groups in total. The van der Waals surface area contributed by atoms with Crippen molar-refractivity contribution in [2.75, 3.05) is 7.05 Å². The Labute approximate surface area is 120 Å². The number of benzene rings is 2. The lowest BCUT2D eigenvalue weighted by atomic mass is 10.1. The highest BCUT2D eigenvalue weighted by atomic mass is 16.2. The summed E-state index contributed by atoms with van der Waals surface area (Å²) in [5, 5.41) is 0. The smallest absolute Gasteiger partial charge is 0.246 e. The maximum absolute atomic E-state index is 12.0. The second kappa shape index (κ2) is 6.71. The maximum atomic E-state index is 12.0. The molecule has 0 saturated carbocycles. The van der Waals surface area contributed by atoms with Crippen molar-refractivity contribution in [3.8, 4) is 0 Å². The number of hydrogen-bond donors (Lipinski definition) is 0. The molecule has 0 radical (unpaired) electrons. The van der Waals surface area contributed by atoms with E-state index >= 15 is 0 Å². The van der Waals surface area contributed by atoms with Gasteiger partial charge in [-0.3, -0.25) is 4.79 Å². The summed E-state index contributed by atoms with van der Waals surface area (Å²) in [5.41, 5.74) is 3.37. The van der Waals surface area contributed by atoms with E-state index in [1.165, 1.54) is 5.56 Å². The molecular formula is C18H19NO. The van der Waals surface area contributed by atoms with Crippen LogP contribution in [0, 0.1) is 6.92 Å². The Morgan fingerprint density at radius 2 is 1.85 bits per heavy atom. The number of carbonyl (C=O) groups is 1. The van der Waals surface area contributed by atoms with Crippen LogP contribution in [0.1, 0.15) is 16.7 Å². The Hall–Kier alpha value is -2.35. The second-order valence-electron chi connectivity index (χ2n) is 4.93. The first-order valence-electron chi connectivity index (χ1n) is 6.69. The van der Waals surface area contributed by atoms with Crippen molar-refractivity contribution in [3.05, 3.63) is 77.4 Å². The van der Waals surface area contributed by atoms with Gasteiger partial charge in [0.25, 0.3) is 0 Å². The molecule has 2 aromatic rings. The molecule has 0 bridgehead atoms. The van der Waals surface area contributed by atoms with E-state index in [1.54, 1.807) is 11.0 Å². The van der Waals surface area contributed by atoms with Crippen molar-refractivity contribution in [2.45, 2.75) is 13.5 Å². The Kier molecular flexibility index (Phi) is 4.72. The summed E-state index contributed by atoms with van der Waals surface area (Å²) >= 11 is 0. The summed E-state index contributed by atoms with van der Waals surface area (Å²) in [4.78, 5) is 13.8. The second-order valence-corrected chi connectivity index (χ2v) is 4.93. The van der Waals surface area contributed by atoms with Crippen LogP contribution in [-0.2, 0) is 11.3 Å².